The van der Waals surface area contributed by atoms with E-state index in [2.05, 4.69) is 24.4 Å². The molecule has 0 amide bonds. The van der Waals surface area contributed by atoms with Crippen LogP contribution in [0.4, 0.5) is 11.4 Å². The van der Waals surface area contributed by atoms with Gasteiger partial charge in [0, 0.05) is 17.4 Å². The Morgan fingerprint density at radius 3 is 3.15 bits per heavy atom. The number of fused-ring (bicyclic) bond motifs is 1. The Morgan fingerprint density at radius 2 is 2.31 bits per heavy atom. The summed E-state index contributed by atoms with van der Waals surface area (Å²) in [7, 11) is 0. The molecule has 0 bridgehead atoms. The zero-order valence-electron chi connectivity index (χ0n) is 8.01. The lowest BCUT2D eigenvalue weighted by molar-refractivity contribution is 0.674. The fourth-order valence-electron chi connectivity index (χ4n) is 1.90. The molecule has 3 N–H and O–H groups in total. The molecule has 0 spiro atoms. The minimum absolute atomic E-state index is 0.588. The monoisotopic (exact) mass is 176 g/mol. The number of benzene rings is 1. The molecule has 1 aliphatic heterocycles. The maximum atomic E-state index is 5.74. The number of aryl methyl sites for hydroxylation is 1. The number of rotatable bonds is 0. The van der Waals surface area contributed by atoms with Gasteiger partial charge >= 0.3 is 0 Å². The van der Waals surface area contributed by atoms with Gasteiger partial charge in [-0.15, -0.1) is 0 Å². The minimum Gasteiger partial charge on any atom is -0.399 e. The SMILES string of the molecule is CC1CCCc2cc(N)ccc2N1. The van der Waals surface area contributed by atoms with Crippen LogP contribution in [0.5, 0.6) is 0 Å². The minimum atomic E-state index is 0.588. The van der Waals surface area contributed by atoms with Gasteiger partial charge in [0.15, 0.2) is 0 Å². The van der Waals surface area contributed by atoms with E-state index in [0.29, 0.717) is 6.04 Å². The van der Waals surface area contributed by atoms with Crippen molar-refractivity contribution in [3.8, 4) is 0 Å². The second-order valence-electron chi connectivity index (χ2n) is 3.85. The van der Waals surface area contributed by atoms with Gasteiger partial charge in [-0.05, 0) is 49.9 Å². The van der Waals surface area contributed by atoms with Crippen molar-refractivity contribution in [2.75, 3.05) is 11.1 Å². The van der Waals surface area contributed by atoms with E-state index in [9.17, 15) is 0 Å². The third kappa shape index (κ3) is 1.77. The molecule has 70 valence electrons. The molecule has 0 saturated heterocycles. The van der Waals surface area contributed by atoms with E-state index in [-0.39, 0.29) is 0 Å². The molecule has 1 aromatic rings. The number of nitrogens with one attached hydrogen (secondary N) is 1. The van der Waals surface area contributed by atoms with Crippen LogP contribution >= 0.6 is 0 Å². The Hall–Kier alpha value is -1.18. The van der Waals surface area contributed by atoms with Crippen LogP contribution in [0.3, 0.4) is 0 Å². The highest BCUT2D eigenvalue weighted by Crippen LogP contribution is 2.25. The topological polar surface area (TPSA) is 38.0 Å². The molecule has 1 aliphatic rings. The Morgan fingerprint density at radius 1 is 1.46 bits per heavy atom. The van der Waals surface area contributed by atoms with Crippen molar-refractivity contribution < 1.29 is 0 Å². The molecule has 1 unspecified atom stereocenters. The molecule has 0 fully saturated rings. The molecule has 1 atom stereocenters. The zero-order chi connectivity index (χ0) is 9.26. The number of nitrogen functional groups attached to an aromatic ring is 1. The molecule has 0 radical (unpaired) electrons. The van der Waals surface area contributed by atoms with Gasteiger partial charge in [0.05, 0.1) is 0 Å². The average Bonchev–Trinajstić information content (AvgIpc) is 2.25. The van der Waals surface area contributed by atoms with Gasteiger partial charge in [-0.3, -0.25) is 0 Å². The maximum Gasteiger partial charge on any atom is 0.0376 e. The number of hydrogen-bond donors (Lipinski definition) is 2. The average molecular weight is 176 g/mol. The Labute approximate surface area is 79.1 Å². The maximum absolute atomic E-state index is 5.74. The molecule has 2 nitrogen and oxygen atoms in total. The zero-order valence-corrected chi connectivity index (χ0v) is 8.01. The number of hydrogen-bond acceptors (Lipinski definition) is 2. The first kappa shape index (κ1) is 8.42. The van der Waals surface area contributed by atoms with Crippen molar-refractivity contribution in [2.24, 2.45) is 0 Å². The Bertz CT molecular complexity index is 307. The molecule has 1 aromatic carbocycles. The van der Waals surface area contributed by atoms with Crippen LogP contribution in [0.2, 0.25) is 0 Å². The van der Waals surface area contributed by atoms with Crippen LogP contribution < -0.4 is 11.1 Å². The van der Waals surface area contributed by atoms with Gasteiger partial charge in [0.25, 0.3) is 0 Å². The first-order valence-corrected chi connectivity index (χ1v) is 4.90. The normalized spacial score (nSPS) is 21.5. The highest BCUT2D eigenvalue weighted by atomic mass is 14.9. The second-order valence-corrected chi connectivity index (χ2v) is 3.85. The largest absolute Gasteiger partial charge is 0.399 e. The first-order chi connectivity index (χ1) is 6.25. The van der Waals surface area contributed by atoms with Crippen LogP contribution in [0.1, 0.15) is 25.3 Å². The molecule has 2 rings (SSSR count). The highest BCUT2D eigenvalue weighted by molar-refractivity contribution is 5.59. The number of anilines is 2. The van der Waals surface area contributed by atoms with Crippen LogP contribution in [-0.4, -0.2) is 6.04 Å². The lowest BCUT2D eigenvalue weighted by Gasteiger charge is -2.12. The summed E-state index contributed by atoms with van der Waals surface area (Å²) in [6, 6.07) is 6.72. The van der Waals surface area contributed by atoms with Crippen molar-refractivity contribution in [2.45, 2.75) is 32.2 Å². The summed E-state index contributed by atoms with van der Waals surface area (Å²) in [6.07, 6.45) is 3.65. The smallest absolute Gasteiger partial charge is 0.0376 e. The summed E-state index contributed by atoms with van der Waals surface area (Å²) in [6.45, 7) is 2.23. The van der Waals surface area contributed by atoms with Crippen LogP contribution in [-0.2, 0) is 6.42 Å². The van der Waals surface area contributed by atoms with E-state index in [1.165, 1.54) is 24.1 Å². The molecular weight excluding hydrogens is 160 g/mol. The van der Waals surface area contributed by atoms with Crippen molar-refractivity contribution in [3.05, 3.63) is 23.8 Å². The summed E-state index contributed by atoms with van der Waals surface area (Å²) < 4.78 is 0. The molecular formula is C11H16N2. The lowest BCUT2D eigenvalue weighted by atomic mass is 10.1. The summed E-state index contributed by atoms with van der Waals surface area (Å²) in [5, 5.41) is 3.49. The van der Waals surface area contributed by atoms with E-state index in [0.717, 1.165) is 12.1 Å². The molecule has 1 heterocycles. The van der Waals surface area contributed by atoms with E-state index >= 15 is 0 Å². The predicted molar refractivity (Wildman–Crippen MR) is 56.9 cm³/mol. The summed E-state index contributed by atoms with van der Waals surface area (Å²) in [5.74, 6) is 0. The van der Waals surface area contributed by atoms with Crippen LogP contribution in [0, 0.1) is 0 Å². The second kappa shape index (κ2) is 3.29. The van der Waals surface area contributed by atoms with E-state index in [1.54, 1.807) is 0 Å². The van der Waals surface area contributed by atoms with Crippen LogP contribution in [0.25, 0.3) is 0 Å². The summed E-state index contributed by atoms with van der Waals surface area (Å²) in [4.78, 5) is 0. The molecule has 13 heavy (non-hydrogen) atoms. The fraction of sp³-hybridized carbons (Fsp3) is 0.455. The Kier molecular flexibility index (Phi) is 2.13. The standard InChI is InChI=1S/C11H16N2/c1-8-3-2-4-9-7-10(12)5-6-11(9)13-8/h5-8,13H,2-4,12H2,1H3. The van der Waals surface area contributed by atoms with Gasteiger partial charge < -0.3 is 11.1 Å². The highest BCUT2D eigenvalue weighted by Gasteiger charge is 2.11. The first-order valence-electron chi connectivity index (χ1n) is 4.90. The molecule has 2 heteroatoms. The van der Waals surface area contributed by atoms with Gasteiger partial charge in [0.2, 0.25) is 0 Å². The van der Waals surface area contributed by atoms with E-state index in [4.69, 9.17) is 5.73 Å². The molecule has 0 saturated carbocycles. The molecule has 0 aromatic heterocycles. The summed E-state index contributed by atoms with van der Waals surface area (Å²) >= 11 is 0. The van der Waals surface area contributed by atoms with Crippen molar-refractivity contribution >= 4 is 11.4 Å². The molecule has 0 aliphatic carbocycles. The van der Waals surface area contributed by atoms with Gasteiger partial charge in [-0.1, -0.05) is 0 Å². The number of nitrogens with two attached hydrogens (primary N) is 1. The van der Waals surface area contributed by atoms with E-state index in [1.807, 2.05) is 6.07 Å². The van der Waals surface area contributed by atoms with Gasteiger partial charge in [-0.25, -0.2) is 0 Å². The fourth-order valence-corrected chi connectivity index (χ4v) is 1.90. The van der Waals surface area contributed by atoms with E-state index < -0.39 is 0 Å². The quantitative estimate of drug-likeness (QED) is 0.596. The third-order valence-corrected chi connectivity index (χ3v) is 2.61. The van der Waals surface area contributed by atoms with Crippen molar-refractivity contribution in [3.63, 3.8) is 0 Å². The third-order valence-electron chi connectivity index (χ3n) is 2.61. The lowest BCUT2D eigenvalue weighted by Crippen LogP contribution is -2.13. The van der Waals surface area contributed by atoms with Gasteiger partial charge in [-0.2, -0.15) is 0 Å². The summed E-state index contributed by atoms with van der Waals surface area (Å²) in [5.41, 5.74) is 9.24. The Balaban J connectivity index is 2.34. The van der Waals surface area contributed by atoms with Crippen molar-refractivity contribution in [1.29, 1.82) is 0 Å². The van der Waals surface area contributed by atoms with Gasteiger partial charge in [0.1, 0.15) is 0 Å². The van der Waals surface area contributed by atoms with Crippen molar-refractivity contribution in [1.82, 2.24) is 0 Å². The van der Waals surface area contributed by atoms with Crippen LogP contribution in [0.15, 0.2) is 18.2 Å². The predicted octanol–water partition coefficient (Wildman–Crippen LogP) is 2.41.